The molecule has 1 aliphatic rings. The first-order chi connectivity index (χ1) is 8.65. The standard InChI is InChI=1S/C13H18ClN3O.ClH/c14-11-3-1-2-4-12(11)16-13(18)6-8-17-7-5-10(15)9-17;/h1-4,10H,5-9,15H2,(H,16,18);1H. The molecule has 0 aromatic heterocycles. The smallest absolute Gasteiger partial charge is 0.225 e. The molecule has 6 heteroatoms. The normalized spacial score (nSPS) is 18.9. The zero-order valence-electron chi connectivity index (χ0n) is 10.6. The number of nitrogens with one attached hydrogen (secondary N) is 1. The SMILES string of the molecule is Cl.NC1CCN(CCC(=O)Nc2ccccc2Cl)C1. The summed E-state index contributed by atoms with van der Waals surface area (Å²) >= 11 is 5.97. The zero-order valence-corrected chi connectivity index (χ0v) is 12.2. The summed E-state index contributed by atoms with van der Waals surface area (Å²) in [6, 6.07) is 7.50. The number of nitrogens with two attached hydrogens (primary N) is 1. The van der Waals surface area contributed by atoms with Crippen molar-refractivity contribution in [2.45, 2.75) is 18.9 Å². The maximum atomic E-state index is 11.8. The van der Waals surface area contributed by atoms with Gasteiger partial charge in [0.15, 0.2) is 0 Å². The number of hydrogen-bond donors (Lipinski definition) is 2. The average Bonchev–Trinajstić information content (AvgIpc) is 2.76. The number of likely N-dealkylation sites (tertiary alicyclic amines) is 1. The molecule has 106 valence electrons. The van der Waals surface area contributed by atoms with Gasteiger partial charge < -0.3 is 16.0 Å². The highest BCUT2D eigenvalue weighted by Gasteiger charge is 2.19. The van der Waals surface area contributed by atoms with E-state index >= 15 is 0 Å². The van der Waals surface area contributed by atoms with Gasteiger partial charge in [0.2, 0.25) is 5.91 Å². The lowest BCUT2D eigenvalue weighted by molar-refractivity contribution is -0.116. The van der Waals surface area contributed by atoms with Crippen LogP contribution in [-0.4, -0.2) is 36.5 Å². The summed E-state index contributed by atoms with van der Waals surface area (Å²) in [5.41, 5.74) is 6.48. The minimum Gasteiger partial charge on any atom is -0.326 e. The molecular formula is C13H19Cl2N3O. The Morgan fingerprint density at radius 1 is 1.47 bits per heavy atom. The lowest BCUT2D eigenvalue weighted by Crippen LogP contribution is -2.29. The molecule has 1 aromatic rings. The predicted molar refractivity (Wildman–Crippen MR) is 81.0 cm³/mol. The number of para-hydroxylation sites is 1. The van der Waals surface area contributed by atoms with Crippen molar-refractivity contribution < 1.29 is 4.79 Å². The lowest BCUT2D eigenvalue weighted by atomic mass is 10.3. The van der Waals surface area contributed by atoms with Crippen LogP contribution in [0, 0.1) is 0 Å². The third-order valence-electron chi connectivity index (χ3n) is 3.11. The molecule has 1 aromatic carbocycles. The van der Waals surface area contributed by atoms with E-state index in [2.05, 4.69) is 10.2 Å². The van der Waals surface area contributed by atoms with Crippen molar-refractivity contribution in [3.8, 4) is 0 Å². The van der Waals surface area contributed by atoms with Gasteiger partial charge in [0, 0.05) is 25.6 Å². The van der Waals surface area contributed by atoms with Crippen LogP contribution in [0.5, 0.6) is 0 Å². The Bertz CT molecular complexity index is 428. The number of nitrogens with zero attached hydrogens (tertiary/aromatic N) is 1. The van der Waals surface area contributed by atoms with Crippen LogP contribution in [0.1, 0.15) is 12.8 Å². The Balaban J connectivity index is 0.00000180. The van der Waals surface area contributed by atoms with Crippen LogP contribution in [-0.2, 0) is 4.79 Å². The molecule has 1 saturated heterocycles. The molecule has 0 radical (unpaired) electrons. The van der Waals surface area contributed by atoms with Crippen LogP contribution in [0.15, 0.2) is 24.3 Å². The van der Waals surface area contributed by atoms with E-state index in [4.69, 9.17) is 17.3 Å². The number of rotatable bonds is 4. The number of carbonyl (C=O) groups excluding carboxylic acids is 1. The molecule has 0 spiro atoms. The maximum Gasteiger partial charge on any atom is 0.225 e. The van der Waals surface area contributed by atoms with Crippen molar-refractivity contribution >= 4 is 35.6 Å². The summed E-state index contributed by atoms with van der Waals surface area (Å²) in [4.78, 5) is 14.0. The van der Waals surface area contributed by atoms with Gasteiger partial charge in [-0.05, 0) is 25.1 Å². The minimum atomic E-state index is -0.0106. The molecular weight excluding hydrogens is 285 g/mol. The molecule has 4 nitrogen and oxygen atoms in total. The second kappa shape index (κ2) is 7.70. The summed E-state index contributed by atoms with van der Waals surface area (Å²) in [6.07, 6.45) is 1.49. The summed E-state index contributed by atoms with van der Waals surface area (Å²) in [7, 11) is 0. The largest absolute Gasteiger partial charge is 0.326 e. The van der Waals surface area contributed by atoms with Crippen LogP contribution in [0.3, 0.4) is 0 Å². The number of carbonyl (C=O) groups is 1. The van der Waals surface area contributed by atoms with E-state index in [9.17, 15) is 4.79 Å². The predicted octanol–water partition coefficient (Wildman–Crippen LogP) is 2.12. The van der Waals surface area contributed by atoms with E-state index in [0.717, 1.165) is 26.1 Å². The fraction of sp³-hybridized carbons (Fsp3) is 0.462. The van der Waals surface area contributed by atoms with Crippen LogP contribution in [0.4, 0.5) is 5.69 Å². The molecule has 1 atom stereocenters. The molecule has 2 rings (SSSR count). The topological polar surface area (TPSA) is 58.4 Å². The van der Waals surface area contributed by atoms with E-state index in [-0.39, 0.29) is 24.4 Å². The third kappa shape index (κ3) is 4.99. The Hall–Kier alpha value is -0.810. The number of benzene rings is 1. The van der Waals surface area contributed by atoms with Gasteiger partial charge >= 0.3 is 0 Å². The van der Waals surface area contributed by atoms with Gasteiger partial charge in [0.25, 0.3) is 0 Å². The van der Waals surface area contributed by atoms with Gasteiger partial charge in [-0.2, -0.15) is 0 Å². The van der Waals surface area contributed by atoms with E-state index in [0.29, 0.717) is 17.1 Å². The molecule has 1 fully saturated rings. The number of halogens is 2. The fourth-order valence-electron chi connectivity index (χ4n) is 2.10. The Labute approximate surface area is 124 Å². The highest BCUT2D eigenvalue weighted by atomic mass is 35.5. The number of anilines is 1. The second-order valence-corrected chi connectivity index (χ2v) is 5.03. The van der Waals surface area contributed by atoms with Gasteiger partial charge in [-0.25, -0.2) is 0 Å². The van der Waals surface area contributed by atoms with Gasteiger partial charge in [0.05, 0.1) is 10.7 Å². The van der Waals surface area contributed by atoms with Crippen LogP contribution in [0.2, 0.25) is 5.02 Å². The van der Waals surface area contributed by atoms with Crippen molar-refractivity contribution in [1.29, 1.82) is 0 Å². The number of amides is 1. The maximum absolute atomic E-state index is 11.8. The van der Waals surface area contributed by atoms with Gasteiger partial charge in [-0.3, -0.25) is 4.79 Å². The quantitative estimate of drug-likeness (QED) is 0.896. The summed E-state index contributed by atoms with van der Waals surface area (Å²) in [5.74, 6) is -0.0106. The van der Waals surface area contributed by atoms with Crippen LogP contribution in [0.25, 0.3) is 0 Å². The van der Waals surface area contributed by atoms with Crippen molar-refractivity contribution in [2.24, 2.45) is 5.73 Å². The van der Waals surface area contributed by atoms with Crippen molar-refractivity contribution in [3.05, 3.63) is 29.3 Å². The van der Waals surface area contributed by atoms with Crippen LogP contribution < -0.4 is 11.1 Å². The Morgan fingerprint density at radius 2 is 2.21 bits per heavy atom. The molecule has 1 amide bonds. The molecule has 0 aliphatic carbocycles. The van der Waals surface area contributed by atoms with Crippen molar-refractivity contribution in [3.63, 3.8) is 0 Å². The second-order valence-electron chi connectivity index (χ2n) is 4.63. The summed E-state index contributed by atoms with van der Waals surface area (Å²) in [5, 5.41) is 3.38. The minimum absolute atomic E-state index is 0. The average molecular weight is 304 g/mol. The van der Waals surface area contributed by atoms with Gasteiger partial charge in [-0.15, -0.1) is 12.4 Å². The van der Waals surface area contributed by atoms with E-state index in [1.807, 2.05) is 12.1 Å². The zero-order chi connectivity index (χ0) is 13.0. The summed E-state index contributed by atoms with van der Waals surface area (Å²) in [6.45, 7) is 2.63. The van der Waals surface area contributed by atoms with E-state index < -0.39 is 0 Å². The van der Waals surface area contributed by atoms with E-state index in [1.165, 1.54) is 0 Å². The first-order valence-electron chi connectivity index (χ1n) is 6.17. The molecule has 19 heavy (non-hydrogen) atoms. The third-order valence-corrected chi connectivity index (χ3v) is 3.44. The van der Waals surface area contributed by atoms with Crippen LogP contribution >= 0.6 is 24.0 Å². The molecule has 1 unspecified atom stereocenters. The molecule has 0 bridgehead atoms. The highest BCUT2D eigenvalue weighted by Crippen LogP contribution is 2.20. The first-order valence-corrected chi connectivity index (χ1v) is 6.55. The van der Waals surface area contributed by atoms with E-state index in [1.54, 1.807) is 12.1 Å². The van der Waals surface area contributed by atoms with Crippen molar-refractivity contribution in [2.75, 3.05) is 25.0 Å². The summed E-state index contributed by atoms with van der Waals surface area (Å²) < 4.78 is 0. The Morgan fingerprint density at radius 3 is 2.84 bits per heavy atom. The molecule has 1 heterocycles. The monoisotopic (exact) mass is 303 g/mol. The lowest BCUT2D eigenvalue weighted by Gasteiger charge is -2.14. The van der Waals surface area contributed by atoms with Gasteiger partial charge in [0.1, 0.15) is 0 Å². The van der Waals surface area contributed by atoms with Crippen molar-refractivity contribution in [1.82, 2.24) is 4.90 Å². The number of hydrogen-bond acceptors (Lipinski definition) is 3. The molecule has 0 saturated carbocycles. The molecule has 3 N–H and O–H groups in total. The first kappa shape index (κ1) is 16.2. The molecule has 1 aliphatic heterocycles. The van der Waals surface area contributed by atoms with Gasteiger partial charge in [-0.1, -0.05) is 23.7 Å². The fourth-order valence-corrected chi connectivity index (χ4v) is 2.28. The Kier molecular flexibility index (Phi) is 6.58. The highest BCUT2D eigenvalue weighted by molar-refractivity contribution is 6.33.